The van der Waals surface area contributed by atoms with Crippen LogP contribution in [0.5, 0.6) is 0 Å². The van der Waals surface area contributed by atoms with Gasteiger partial charge in [-0.15, -0.1) is 0 Å². The van der Waals surface area contributed by atoms with E-state index >= 15 is 0 Å². The van der Waals surface area contributed by atoms with Crippen molar-refractivity contribution in [3.63, 3.8) is 0 Å². The number of nitrogens with zero attached hydrogens (tertiary/aromatic N) is 2. The number of aromatic nitrogens is 3. The molecule has 1 heterocycles. The first kappa shape index (κ1) is 15.4. The van der Waals surface area contributed by atoms with Gasteiger partial charge in [0.2, 0.25) is 10.0 Å². The molecule has 10 heteroatoms. The molecule has 0 fully saturated rings. The average molecular weight is 425 g/mol. The standard InChI is InChI=1S/C10H11Br2N5O2S/c1-5(10-14-4-15-16-10)17-20(18,19)9-7(12)2-6(11)3-8(9)13/h2-5,17H,13H2,1H3,(H,14,15,16). The Labute approximate surface area is 132 Å². The van der Waals surface area contributed by atoms with Gasteiger partial charge in [0.05, 0.1) is 11.7 Å². The highest BCUT2D eigenvalue weighted by Crippen LogP contribution is 2.32. The smallest absolute Gasteiger partial charge is 0.244 e. The number of nitrogens with two attached hydrogens (primary N) is 1. The van der Waals surface area contributed by atoms with Crippen molar-refractivity contribution < 1.29 is 8.42 Å². The van der Waals surface area contributed by atoms with Crippen LogP contribution in [0.15, 0.2) is 32.3 Å². The molecule has 0 aliphatic heterocycles. The SMILES string of the molecule is CC(NS(=O)(=O)c1c(N)cc(Br)cc1Br)c1ncn[nH]1. The van der Waals surface area contributed by atoms with Gasteiger partial charge < -0.3 is 5.73 Å². The van der Waals surface area contributed by atoms with Gasteiger partial charge in [-0.2, -0.15) is 5.10 Å². The van der Waals surface area contributed by atoms with Crippen LogP contribution in [0, 0.1) is 0 Å². The summed E-state index contributed by atoms with van der Waals surface area (Å²) in [5, 5.41) is 6.29. The number of benzene rings is 1. The molecule has 0 spiro atoms. The van der Waals surface area contributed by atoms with Crippen LogP contribution in [0.3, 0.4) is 0 Å². The van der Waals surface area contributed by atoms with E-state index < -0.39 is 16.1 Å². The first-order chi connectivity index (χ1) is 9.31. The van der Waals surface area contributed by atoms with Crippen molar-refractivity contribution in [2.24, 2.45) is 0 Å². The number of rotatable bonds is 4. The number of sulfonamides is 1. The zero-order valence-electron chi connectivity index (χ0n) is 10.3. The lowest BCUT2D eigenvalue weighted by atomic mass is 10.3. The minimum atomic E-state index is -3.79. The molecule has 1 aromatic carbocycles. The quantitative estimate of drug-likeness (QED) is 0.649. The van der Waals surface area contributed by atoms with Crippen LogP contribution in [0.4, 0.5) is 5.69 Å². The Morgan fingerprint density at radius 2 is 2.10 bits per heavy atom. The van der Waals surface area contributed by atoms with Gasteiger partial charge >= 0.3 is 0 Å². The second kappa shape index (κ2) is 5.80. The largest absolute Gasteiger partial charge is 0.398 e. The van der Waals surface area contributed by atoms with Crippen molar-refractivity contribution in [3.8, 4) is 0 Å². The maximum atomic E-state index is 12.4. The van der Waals surface area contributed by atoms with Gasteiger partial charge in [-0.25, -0.2) is 18.1 Å². The average Bonchev–Trinajstić information content (AvgIpc) is 2.78. The highest BCUT2D eigenvalue weighted by molar-refractivity contribution is 9.11. The number of aromatic amines is 1. The Balaban J connectivity index is 2.37. The van der Waals surface area contributed by atoms with Gasteiger partial charge in [0.1, 0.15) is 17.0 Å². The Bertz CT molecular complexity index is 694. The van der Waals surface area contributed by atoms with Gasteiger partial charge in [-0.05, 0) is 35.0 Å². The fourth-order valence-electron chi connectivity index (χ4n) is 1.63. The van der Waals surface area contributed by atoms with Crippen LogP contribution in [0.25, 0.3) is 0 Å². The van der Waals surface area contributed by atoms with Gasteiger partial charge in [0, 0.05) is 8.95 Å². The molecular formula is C10H11Br2N5O2S. The first-order valence-corrected chi connectivity index (χ1v) is 8.50. The summed E-state index contributed by atoms with van der Waals surface area (Å²) in [4.78, 5) is 3.90. The van der Waals surface area contributed by atoms with Crippen molar-refractivity contribution >= 4 is 47.6 Å². The van der Waals surface area contributed by atoms with Gasteiger partial charge in [-0.1, -0.05) is 15.9 Å². The van der Waals surface area contributed by atoms with Crippen molar-refractivity contribution in [1.82, 2.24) is 19.9 Å². The van der Waals surface area contributed by atoms with Gasteiger partial charge in [0.25, 0.3) is 0 Å². The fraction of sp³-hybridized carbons (Fsp3) is 0.200. The van der Waals surface area contributed by atoms with E-state index in [9.17, 15) is 8.42 Å². The van der Waals surface area contributed by atoms with E-state index in [0.717, 1.165) is 0 Å². The zero-order chi connectivity index (χ0) is 14.9. The van der Waals surface area contributed by atoms with E-state index in [2.05, 4.69) is 51.8 Å². The van der Waals surface area contributed by atoms with Crippen LogP contribution >= 0.6 is 31.9 Å². The molecule has 1 aromatic heterocycles. The number of nitrogens with one attached hydrogen (secondary N) is 2. The molecule has 108 valence electrons. The Morgan fingerprint density at radius 1 is 1.40 bits per heavy atom. The molecule has 2 rings (SSSR count). The minimum Gasteiger partial charge on any atom is -0.398 e. The first-order valence-electron chi connectivity index (χ1n) is 5.43. The van der Waals surface area contributed by atoms with Crippen molar-refractivity contribution in [3.05, 3.63) is 33.2 Å². The van der Waals surface area contributed by atoms with E-state index in [0.29, 0.717) is 14.8 Å². The summed E-state index contributed by atoms with van der Waals surface area (Å²) in [6, 6.07) is 2.58. The highest BCUT2D eigenvalue weighted by Gasteiger charge is 2.25. The predicted molar refractivity (Wildman–Crippen MR) is 81.4 cm³/mol. The molecule has 0 aliphatic rings. The number of H-pyrrole nitrogens is 1. The molecule has 1 unspecified atom stereocenters. The van der Waals surface area contributed by atoms with Crippen LogP contribution in [-0.2, 0) is 10.0 Å². The summed E-state index contributed by atoms with van der Waals surface area (Å²) in [7, 11) is -3.79. The maximum Gasteiger partial charge on any atom is 0.244 e. The number of hydrogen-bond acceptors (Lipinski definition) is 5. The van der Waals surface area contributed by atoms with Gasteiger partial charge in [0.15, 0.2) is 0 Å². The molecule has 0 bridgehead atoms. The molecule has 1 atom stereocenters. The topological polar surface area (TPSA) is 114 Å². The van der Waals surface area contributed by atoms with Gasteiger partial charge in [-0.3, -0.25) is 5.10 Å². The monoisotopic (exact) mass is 423 g/mol. The van der Waals surface area contributed by atoms with Crippen LogP contribution in [-0.4, -0.2) is 23.6 Å². The number of nitrogen functional groups attached to an aromatic ring is 1. The lowest BCUT2D eigenvalue weighted by Gasteiger charge is -2.14. The Kier molecular flexibility index (Phi) is 4.47. The van der Waals surface area contributed by atoms with Crippen molar-refractivity contribution in [2.75, 3.05) is 5.73 Å². The molecule has 4 N–H and O–H groups in total. The predicted octanol–water partition coefficient (Wildman–Crippen LogP) is 1.95. The fourth-order valence-corrected chi connectivity index (χ4v) is 4.91. The Morgan fingerprint density at radius 3 is 2.65 bits per heavy atom. The molecule has 7 nitrogen and oxygen atoms in total. The number of hydrogen-bond donors (Lipinski definition) is 3. The summed E-state index contributed by atoms with van der Waals surface area (Å²) >= 11 is 6.46. The lowest BCUT2D eigenvalue weighted by molar-refractivity contribution is 0.560. The zero-order valence-corrected chi connectivity index (χ0v) is 14.3. The third-order valence-corrected chi connectivity index (χ3v) is 5.48. The van der Waals surface area contributed by atoms with E-state index in [-0.39, 0.29) is 10.6 Å². The summed E-state index contributed by atoms with van der Waals surface area (Å²) in [6.45, 7) is 1.65. The maximum absolute atomic E-state index is 12.4. The summed E-state index contributed by atoms with van der Waals surface area (Å²) < 4.78 is 28.3. The Hall–Kier alpha value is -0.970. The molecule has 0 amide bonds. The third kappa shape index (κ3) is 3.19. The summed E-state index contributed by atoms with van der Waals surface area (Å²) in [6.07, 6.45) is 1.31. The number of halogens is 2. The lowest BCUT2D eigenvalue weighted by Crippen LogP contribution is -2.28. The van der Waals surface area contributed by atoms with E-state index in [1.165, 1.54) is 12.4 Å². The van der Waals surface area contributed by atoms with Crippen LogP contribution in [0.1, 0.15) is 18.8 Å². The second-order valence-electron chi connectivity index (χ2n) is 4.02. The van der Waals surface area contributed by atoms with E-state index in [1.807, 2.05) is 0 Å². The van der Waals surface area contributed by atoms with E-state index in [1.54, 1.807) is 13.0 Å². The molecule has 0 aliphatic carbocycles. The molecular weight excluding hydrogens is 414 g/mol. The molecule has 0 radical (unpaired) electrons. The molecule has 0 saturated heterocycles. The third-order valence-electron chi connectivity index (χ3n) is 2.48. The number of anilines is 1. The summed E-state index contributed by atoms with van der Waals surface area (Å²) in [5.41, 5.74) is 5.93. The van der Waals surface area contributed by atoms with Crippen molar-refractivity contribution in [1.29, 1.82) is 0 Å². The molecule has 2 aromatic rings. The second-order valence-corrected chi connectivity index (χ2v) is 7.44. The highest BCUT2D eigenvalue weighted by atomic mass is 79.9. The molecule has 0 saturated carbocycles. The molecule has 20 heavy (non-hydrogen) atoms. The van der Waals surface area contributed by atoms with Crippen LogP contribution in [0.2, 0.25) is 0 Å². The minimum absolute atomic E-state index is 0.00735. The van der Waals surface area contributed by atoms with E-state index in [4.69, 9.17) is 5.73 Å². The summed E-state index contributed by atoms with van der Waals surface area (Å²) in [5.74, 6) is 0.417. The van der Waals surface area contributed by atoms with Crippen molar-refractivity contribution in [2.45, 2.75) is 17.9 Å². The van der Waals surface area contributed by atoms with Crippen LogP contribution < -0.4 is 10.5 Å². The normalized spacial score (nSPS) is 13.3.